The zero-order chi connectivity index (χ0) is 11.7. The quantitative estimate of drug-likeness (QED) is 0.735. The Balaban J connectivity index is 1.77. The van der Waals surface area contributed by atoms with Crippen molar-refractivity contribution in [3.8, 4) is 0 Å². The second kappa shape index (κ2) is 4.15. The first-order valence-corrected chi connectivity index (χ1v) is 6.22. The molecule has 17 heavy (non-hydrogen) atoms. The van der Waals surface area contributed by atoms with E-state index in [2.05, 4.69) is 0 Å². The Labute approximate surface area is 101 Å². The Morgan fingerprint density at radius 2 is 2.12 bits per heavy atom. The number of esters is 1. The molecule has 0 radical (unpaired) electrons. The van der Waals surface area contributed by atoms with Gasteiger partial charge in [-0.15, -0.1) is 0 Å². The Kier molecular flexibility index (Phi) is 2.63. The van der Waals surface area contributed by atoms with Crippen LogP contribution in [-0.2, 0) is 9.47 Å². The fourth-order valence-corrected chi connectivity index (χ4v) is 2.90. The Bertz CT molecular complexity index is 403. The van der Waals surface area contributed by atoms with E-state index in [4.69, 9.17) is 9.47 Å². The SMILES string of the molecule is O=C(OC12CCCC1CCO2)c1ccccc1. The van der Waals surface area contributed by atoms with Crippen LogP contribution in [-0.4, -0.2) is 18.4 Å². The van der Waals surface area contributed by atoms with Crippen molar-refractivity contribution >= 4 is 5.97 Å². The third-order valence-electron chi connectivity index (χ3n) is 3.79. The molecule has 1 aromatic rings. The Morgan fingerprint density at radius 1 is 1.29 bits per heavy atom. The summed E-state index contributed by atoms with van der Waals surface area (Å²) in [5, 5.41) is 0. The fourth-order valence-electron chi connectivity index (χ4n) is 2.90. The van der Waals surface area contributed by atoms with E-state index in [-0.39, 0.29) is 5.97 Å². The van der Waals surface area contributed by atoms with E-state index in [1.54, 1.807) is 12.1 Å². The molecule has 3 rings (SSSR count). The predicted molar refractivity (Wildman–Crippen MR) is 62.5 cm³/mol. The van der Waals surface area contributed by atoms with Gasteiger partial charge in [0.05, 0.1) is 12.2 Å². The molecule has 1 heterocycles. The minimum Gasteiger partial charge on any atom is -0.429 e. The lowest BCUT2D eigenvalue weighted by atomic mass is 10.0. The summed E-state index contributed by atoms with van der Waals surface area (Å²) in [6.07, 6.45) is 4.06. The lowest BCUT2D eigenvalue weighted by Gasteiger charge is -2.28. The molecule has 3 heteroatoms. The summed E-state index contributed by atoms with van der Waals surface area (Å²) in [5.74, 6) is -0.484. The van der Waals surface area contributed by atoms with Crippen LogP contribution in [0.25, 0.3) is 0 Å². The molecule has 0 spiro atoms. The number of rotatable bonds is 2. The van der Waals surface area contributed by atoms with Gasteiger partial charge in [0, 0.05) is 12.3 Å². The molecule has 1 aliphatic carbocycles. The van der Waals surface area contributed by atoms with Gasteiger partial charge in [-0.1, -0.05) is 18.2 Å². The van der Waals surface area contributed by atoms with Gasteiger partial charge in [-0.3, -0.25) is 0 Å². The van der Waals surface area contributed by atoms with E-state index >= 15 is 0 Å². The van der Waals surface area contributed by atoms with Crippen molar-refractivity contribution in [3.63, 3.8) is 0 Å². The van der Waals surface area contributed by atoms with Crippen molar-refractivity contribution in [2.75, 3.05) is 6.61 Å². The van der Waals surface area contributed by atoms with Crippen LogP contribution in [0.4, 0.5) is 0 Å². The highest BCUT2D eigenvalue weighted by Gasteiger charge is 2.51. The molecule has 0 aromatic heterocycles. The maximum absolute atomic E-state index is 12.0. The molecule has 0 amide bonds. The van der Waals surface area contributed by atoms with Crippen LogP contribution in [0.1, 0.15) is 36.0 Å². The van der Waals surface area contributed by atoms with E-state index in [9.17, 15) is 4.79 Å². The molecule has 0 N–H and O–H groups in total. The average molecular weight is 232 g/mol. The summed E-state index contributed by atoms with van der Waals surface area (Å²) >= 11 is 0. The fraction of sp³-hybridized carbons (Fsp3) is 0.500. The molecule has 1 saturated heterocycles. The van der Waals surface area contributed by atoms with E-state index in [1.807, 2.05) is 18.2 Å². The lowest BCUT2D eigenvalue weighted by molar-refractivity contribution is -0.185. The van der Waals surface area contributed by atoms with Crippen LogP contribution in [0.5, 0.6) is 0 Å². The van der Waals surface area contributed by atoms with Crippen molar-refractivity contribution < 1.29 is 14.3 Å². The van der Waals surface area contributed by atoms with Crippen molar-refractivity contribution in [3.05, 3.63) is 35.9 Å². The van der Waals surface area contributed by atoms with Gasteiger partial charge in [-0.2, -0.15) is 0 Å². The number of hydrogen-bond donors (Lipinski definition) is 0. The maximum Gasteiger partial charge on any atom is 0.340 e. The molecule has 0 bridgehead atoms. The summed E-state index contributed by atoms with van der Waals surface area (Å²) in [4.78, 5) is 12.0. The molecule has 2 atom stereocenters. The number of fused-ring (bicyclic) bond motifs is 1. The summed E-state index contributed by atoms with van der Waals surface area (Å²) < 4.78 is 11.4. The first kappa shape index (κ1) is 10.8. The van der Waals surface area contributed by atoms with E-state index in [1.165, 1.54) is 0 Å². The van der Waals surface area contributed by atoms with Gasteiger partial charge in [-0.25, -0.2) is 4.79 Å². The van der Waals surface area contributed by atoms with Gasteiger partial charge in [0.2, 0.25) is 5.79 Å². The standard InChI is InChI=1S/C14H16O3/c15-13(11-5-2-1-3-6-11)17-14-9-4-7-12(14)8-10-16-14/h1-3,5-6,12H,4,7-10H2. The van der Waals surface area contributed by atoms with Crippen molar-refractivity contribution in [1.29, 1.82) is 0 Å². The minimum absolute atomic E-state index is 0.264. The largest absolute Gasteiger partial charge is 0.429 e. The Morgan fingerprint density at radius 3 is 2.94 bits per heavy atom. The van der Waals surface area contributed by atoms with Crippen LogP contribution in [0.15, 0.2) is 30.3 Å². The highest BCUT2D eigenvalue weighted by atomic mass is 16.7. The molecule has 2 fully saturated rings. The van der Waals surface area contributed by atoms with Gasteiger partial charge >= 0.3 is 5.97 Å². The van der Waals surface area contributed by atoms with Crippen molar-refractivity contribution in [2.24, 2.45) is 5.92 Å². The van der Waals surface area contributed by atoms with E-state index < -0.39 is 5.79 Å². The van der Waals surface area contributed by atoms with Crippen LogP contribution in [0.2, 0.25) is 0 Å². The van der Waals surface area contributed by atoms with E-state index in [0.29, 0.717) is 18.1 Å². The first-order valence-electron chi connectivity index (χ1n) is 6.22. The third-order valence-corrected chi connectivity index (χ3v) is 3.79. The lowest BCUT2D eigenvalue weighted by Crippen LogP contribution is -2.36. The number of benzene rings is 1. The normalized spacial score (nSPS) is 31.2. The third kappa shape index (κ3) is 1.84. The van der Waals surface area contributed by atoms with E-state index in [0.717, 1.165) is 25.7 Å². The van der Waals surface area contributed by atoms with Gasteiger partial charge < -0.3 is 9.47 Å². The second-order valence-electron chi connectivity index (χ2n) is 4.79. The Hall–Kier alpha value is -1.35. The van der Waals surface area contributed by atoms with Gasteiger partial charge in [0.25, 0.3) is 0 Å². The van der Waals surface area contributed by atoms with Gasteiger partial charge in [0.1, 0.15) is 0 Å². The summed E-state index contributed by atoms with van der Waals surface area (Å²) in [5.41, 5.74) is 0.600. The maximum atomic E-state index is 12.0. The predicted octanol–water partition coefficient (Wildman–Crippen LogP) is 2.76. The molecule has 1 aliphatic heterocycles. The molecule has 1 aromatic carbocycles. The molecular formula is C14H16O3. The van der Waals surface area contributed by atoms with Crippen LogP contribution >= 0.6 is 0 Å². The molecule has 1 saturated carbocycles. The summed E-state index contributed by atoms with van der Waals surface area (Å²) in [7, 11) is 0. The monoisotopic (exact) mass is 232 g/mol. The molecule has 2 unspecified atom stereocenters. The van der Waals surface area contributed by atoms with Gasteiger partial charge in [-0.05, 0) is 31.4 Å². The number of hydrogen-bond acceptors (Lipinski definition) is 3. The zero-order valence-corrected chi connectivity index (χ0v) is 9.72. The molecule has 2 aliphatic rings. The van der Waals surface area contributed by atoms with Crippen LogP contribution < -0.4 is 0 Å². The smallest absolute Gasteiger partial charge is 0.340 e. The number of ether oxygens (including phenoxy) is 2. The molecule has 3 nitrogen and oxygen atoms in total. The minimum atomic E-state index is -0.618. The zero-order valence-electron chi connectivity index (χ0n) is 9.72. The first-order chi connectivity index (χ1) is 8.30. The second-order valence-corrected chi connectivity index (χ2v) is 4.79. The van der Waals surface area contributed by atoms with Crippen LogP contribution in [0.3, 0.4) is 0 Å². The topological polar surface area (TPSA) is 35.5 Å². The summed E-state index contributed by atoms with van der Waals surface area (Å²) in [6.45, 7) is 0.715. The number of carbonyl (C=O) groups is 1. The average Bonchev–Trinajstić information content (AvgIpc) is 2.89. The van der Waals surface area contributed by atoms with Gasteiger partial charge in [0.15, 0.2) is 0 Å². The highest BCUT2D eigenvalue weighted by Crippen LogP contribution is 2.46. The van der Waals surface area contributed by atoms with Crippen molar-refractivity contribution in [2.45, 2.75) is 31.5 Å². The summed E-state index contributed by atoms with van der Waals surface area (Å²) in [6, 6.07) is 9.13. The van der Waals surface area contributed by atoms with Crippen LogP contribution in [0, 0.1) is 5.92 Å². The van der Waals surface area contributed by atoms with Crippen molar-refractivity contribution in [1.82, 2.24) is 0 Å². The highest BCUT2D eigenvalue weighted by molar-refractivity contribution is 5.89. The molecule has 90 valence electrons. The number of carbonyl (C=O) groups excluding carboxylic acids is 1. The molecular weight excluding hydrogens is 216 g/mol.